The van der Waals surface area contributed by atoms with Crippen LogP contribution in [0.15, 0.2) is 30.3 Å². The molecule has 0 amide bonds. The molecule has 3 nitrogen and oxygen atoms in total. The Kier molecular flexibility index (Phi) is 4.47. The van der Waals surface area contributed by atoms with Crippen molar-refractivity contribution in [3.8, 4) is 17.2 Å². The fourth-order valence-corrected chi connectivity index (χ4v) is 3.11. The Labute approximate surface area is 138 Å². The minimum atomic E-state index is 0.598. The van der Waals surface area contributed by atoms with Crippen LogP contribution in [0.3, 0.4) is 0 Å². The number of hydrogen-bond acceptors (Lipinski definition) is 3. The van der Waals surface area contributed by atoms with E-state index >= 15 is 0 Å². The Hall–Kier alpha value is -2.15. The van der Waals surface area contributed by atoms with Crippen molar-refractivity contribution in [3.05, 3.63) is 58.1 Å². The van der Waals surface area contributed by atoms with Crippen LogP contribution in [-0.4, -0.2) is 25.5 Å². The third-order valence-electron chi connectivity index (χ3n) is 4.39. The maximum Gasteiger partial charge on any atom is 0.100 e. The van der Waals surface area contributed by atoms with Crippen molar-refractivity contribution in [1.29, 1.82) is 5.26 Å². The van der Waals surface area contributed by atoms with E-state index in [1.54, 1.807) is 0 Å². The summed E-state index contributed by atoms with van der Waals surface area (Å²) in [7, 11) is 4.12. The molecular weight excluding hydrogens is 284 g/mol. The number of benzene rings is 2. The Morgan fingerprint density at radius 1 is 1.17 bits per heavy atom. The van der Waals surface area contributed by atoms with E-state index in [4.69, 9.17) is 4.74 Å². The van der Waals surface area contributed by atoms with Gasteiger partial charge in [0, 0.05) is 12.1 Å². The molecule has 1 aliphatic heterocycles. The normalized spacial score (nSPS) is 13.2. The third-order valence-corrected chi connectivity index (χ3v) is 4.39. The second kappa shape index (κ2) is 6.54. The molecule has 1 heterocycles. The molecule has 118 valence electrons. The van der Waals surface area contributed by atoms with Gasteiger partial charge < -0.3 is 9.64 Å². The van der Waals surface area contributed by atoms with Gasteiger partial charge in [0.15, 0.2) is 0 Å². The summed E-state index contributed by atoms with van der Waals surface area (Å²) < 4.78 is 5.66. The fourth-order valence-electron chi connectivity index (χ4n) is 3.11. The quantitative estimate of drug-likeness (QED) is 0.865. The molecule has 3 rings (SSSR count). The molecule has 0 aliphatic carbocycles. The smallest absolute Gasteiger partial charge is 0.100 e. The minimum Gasteiger partial charge on any atom is -0.372 e. The van der Waals surface area contributed by atoms with Crippen molar-refractivity contribution in [2.24, 2.45) is 0 Å². The minimum absolute atomic E-state index is 0.598. The Balaban J connectivity index is 2.16. The Morgan fingerprint density at radius 3 is 2.57 bits per heavy atom. The van der Waals surface area contributed by atoms with Crippen LogP contribution < -0.4 is 0 Å². The second-order valence-electron chi connectivity index (χ2n) is 6.45. The molecule has 0 spiro atoms. The van der Waals surface area contributed by atoms with Gasteiger partial charge in [0.1, 0.15) is 6.07 Å². The maximum atomic E-state index is 9.81. The fraction of sp³-hybridized carbons (Fsp3) is 0.350. The van der Waals surface area contributed by atoms with Crippen LogP contribution in [0.2, 0.25) is 0 Å². The average molecular weight is 306 g/mol. The van der Waals surface area contributed by atoms with Gasteiger partial charge in [-0.05, 0) is 49.7 Å². The van der Waals surface area contributed by atoms with Crippen LogP contribution in [0.4, 0.5) is 0 Å². The first-order chi connectivity index (χ1) is 11.1. The third kappa shape index (κ3) is 3.14. The molecule has 0 saturated carbocycles. The van der Waals surface area contributed by atoms with Gasteiger partial charge in [-0.1, -0.05) is 35.9 Å². The summed E-state index contributed by atoms with van der Waals surface area (Å²) in [5.74, 6) is 0. The van der Waals surface area contributed by atoms with Crippen LogP contribution in [-0.2, 0) is 24.4 Å². The maximum absolute atomic E-state index is 9.81. The highest BCUT2D eigenvalue weighted by Crippen LogP contribution is 2.36. The van der Waals surface area contributed by atoms with Gasteiger partial charge in [-0.3, -0.25) is 0 Å². The molecule has 0 radical (unpaired) electrons. The van der Waals surface area contributed by atoms with Crippen molar-refractivity contribution in [2.75, 3.05) is 20.6 Å². The monoisotopic (exact) mass is 306 g/mol. The van der Waals surface area contributed by atoms with Crippen molar-refractivity contribution in [2.45, 2.75) is 26.6 Å². The van der Waals surface area contributed by atoms with Crippen molar-refractivity contribution >= 4 is 0 Å². The zero-order valence-corrected chi connectivity index (χ0v) is 14.0. The Bertz CT molecular complexity index is 755. The molecule has 2 aromatic rings. The predicted octanol–water partition coefficient (Wildman–Crippen LogP) is 3.67. The van der Waals surface area contributed by atoms with Crippen molar-refractivity contribution < 1.29 is 4.74 Å². The molecule has 3 heteroatoms. The summed E-state index contributed by atoms with van der Waals surface area (Å²) in [4.78, 5) is 2.15. The summed E-state index contributed by atoms with van der Waals surface area (Å²) in [6, 6.07) is 13.1. The molecule has 0 atom stereocenters. The lowest BCUT2D eigenvalue weighted by atomic mass is 9.87. The second-order valence-corrected chi connectivity index (χ2v) is 6.45. The van der Waals surface area contributed by atoms with E-state index in [0.29, 0.717) is 13.2 Å². The summed E-state index contributed by atoms with van der Waals surface area (Å²) in [6.45, 7) is 4.26. The number of nitrogens with zero attached hydrogens (tertiary/aromatic N) is 2. The number of aryl methyl sites for hydroxylation is 1. The largest absolute Gasteiger partial charge is 0.372 e. The van der Waals surface area contributed by atoms with E-state index in [-0.39, 0.29) is 0 Å². The summed E-state index contributed by atoms with van der Waals surface area (Å²) in [6.07, 6.45) is 0.877. The first-order valence-electron chi connectivity index (χ1n) is 7.97. The SMILES string of the molecule is Cc1ccc(-c2c(C#N)c(CCN(C)C)cc3c2COC3)cc1. The summed E-state index contributed by atoms with van der Waals surface area (Å²) >= 11 is 0. The number of hydrogen-bond donors (Lipinski definition) is 0. The zero-order valence-electron chi connectivity index (χ0n) is 14.0. The highest BCUT2D eigenvalue weighted by atomic mass is 16.5. The number of likely N-dealkylation sites (N-methyl/N-ethyl adjacent to an activating group) is 1. The molecule has 0 N–H and O–H groups in total. The molecule has 0 unspecified atom stereocenters. The number of nitriles is 1. The number of ether oxygens (including phenoxy) is 1. The lowest BCUT2D eigenvalue weighted by Crippen LogP contribution is -2.16. The van der Waals surface area contributed by atoms with Crippen LogP contribution in [0, 0.1) is 18.3 Å². The molecule has 0 saturated heterocycles. The first kappa shape index (κ1) is 15.7. The van der Waals surface area contributed by atoms with Crippen LogP contribution in [0.25, 0.3) is 11.1 Å². The van der Waals surface area contributed by atoms with Crippen molar-refractivity contribution in [3.63, 3.8) is 0 Å². The van der Waals surface area contributed by atoms with E-state index < -0.39 is 0 Å². The van der Waals surface area contributed by atoms with Crippen LogP contribution >= 0.6 is 0 Å². The summed E-state index contributed by atoms with van der Waals surface area (Å²) in [5.41, 5.74) is 7.74. The van der Waals surface area contributed by atoms with Crippen LogP contribution in [0.5, 0.6) is 0 Å². The Morgan fingerprint density at radius 2 is 1.91 bits per heavy atom. The number of fused-ring (bicyclic) bond motifs is 1. The van der Waals surface area contributed by atoms with E-state index in [2.05, 4.69) is 62.3 Å². The van der Waals surface area contributed by atoms with Gasteiger partial charge in [0.25, 0.3) is 0 Å². The van der Waals surface area contributed by atoms with Gasteiger partial charge in [0.2, 0.25) is 0 Å². The van der Waals surface area contributed by atoms with E-state index in [0.717, 1.165) is 35.2 Å². The molecular formula is C20H22N2O. The molecule has 0 bridgehead atoms. The standard InChI is InChI=1S/C20H22N2O/c1-14-4-6-15(7-5-14)20-18(11-21)16(8-9-22(2)3)10-17-12-23-13-19(17)20/h4-7,10H,8-9,12-13H2,1-3H3. The van der Waals surface area contributed by atoms with Crippen molar-refractivity contribution in [1.82, 2.24) is 4.90 Å². The molecule has 0 aromatic heterocycles. The highest BCUT2D eigenvalue weighted by molar-refractivity contribution is 5.77. The van der Waals surface area contributed by atoms with E-state index in [1.807, 2.05) is 0 Å². The van der Waals surface area contributed by atoms with Gasteiger partial charge in [-0.25, -0.2) is 0 Å². The average Bonchev–Trinajstić information content (AvgIpc) is 3.00. The first-order valence-corrected chi connectivity index (χ1v) is 7.97. The molecule has 23 heavy (non-hydrogen) atoms. The highest BCUT2D eigenvalue weighted by Gasteiger charge is 2.22. The molecule has 0 fully saturated rings. The predicted molar refractivity (Wildman–Crippen MR) is 92.1 cm³/mol. The van der Waals surface area contributed by atoms with E-state index in [1.165, 1.54) is 16.7 Å². The van der Waals surface area contributed by atoms with E-state index in [9.17, 15) is 5.26 Å². The van der Waals surface area contributed by atoms with Gasteiger partial charge in [0.05, 0.1) is 18.8 Å². The van der Waals surface area contributed by atoms with Gasteiger partial charge in [-0.15, -0.1) is 0 Å². The number of rotatable bonds is 4. The lowest BCUT2D eigenvalue weighted by molar-refractivity contribution is 0.134. The van der Waals surface area contributed by atoms with Crippen LogP contribution in [0.1, 0.15) is 27.8 Å². The molecule has 2 aromatic carbocycles. The zero-order chi connectivity index (χ0) is 16.4. The van der Waals surface area contributed by atoms with Gasteiger partial charge in [-0.2, -0.15) is 5.26 Å². The van der Waals surface area contributed by atoms with Gasteiger partial charge >= 0.3 is 0 Å². The molecule has 1 aliphatic rings. The lowest BCUT2D eigenvalue weighted by Gasteiger charge is -2.16. The topological polar surface area (TPSA) is 36.3 Å². The summed E-state index contributed by atoms with van der Waals surface area (Å²) in [5, 5.41) is 9.81.